The fourth-order valence-electron chi connectivity index (χ4n) is 3.79. The van der Waals surface area contributed by atoms with E-state index in [1.807, 2.05) is 32.3 Å². The number of H-pyrrole nitrogens is 1. The van der Waals surface area contributed by atoms with Crippen molar-refractivity contribution in [2.75, 3.05) is 13.1 Å². The maximum Gasteiger partial charge on any atom is 0.278 e. The van der Waals surface area contributed by atoms with Crippen LogP contribution in [0.4, 0.5) is 0 Å². The molecule has 4 heterocycles. The van der Waals surface area contributed by atoms with Crippen LogP contribution in [-0.2, 0) is 7.05 Å². The van der Waals surface area contributed by atoms with Crippen molar-refractivity contribution < 1.29 is 0 Å². The Morgan fingerprint density at radius 3 is 2.81 bits per heavy atom. The van der Waals surface area contributed by atoms with E-state index in [1.165, 1.54) is 0 Å². The number of thiazole rings is 1. The first-order valence-corrected chi connectivity index (χ1v) is 9.96. The van der Waals surface area contributed by atoms with Crippen LogP contribution >= 0.6 is 11.3 Å². The molecule has 8 heteroatoms. The van der Waals surface area contributed by atoms with Crippen molar-refractivity contribution in [3.8, 4) is 11.4 Å². The summed E-state index contributed by atoms with van der Waals surface area (Å²) in [5.41, 5.74) is 3.21. The highest BCUT2D eigenvalue weighted by atomic mass is 32.1. The summed E-state index contributed by atoms with van der Waals surface area (Å²) in [5.74, 6) is 1.00. The topological polar surface area (TPSA) is 88.5 Å². The molecule has 0 amide bonds. The van der Waals surface area contributed by atoms with Crippen LogP contribution in [-0.4, -0.2) is 37.8 Å². The molecule has 1 aliphatic rings. The Balaban J connectivity index is 1.62. The van der Waals surface area contributed by atoms with Crippen molar-refractivity contribution in [2.24, 2.45) is 7.05 Å². The predicted molar refractivity (Wildman–Crippen MR) is 107 cm³/mol. The van der Waals surface area contributed by atoms with Crippen molar-refractivity contribution in [3.05, 3.63) is 39.3 Å². The molecule has 2 N–H and O–H groups in total. The fraction of sp³-hybridized carbons (Fsp3) is 0.368. The molecular weight excluding hydrogens is 360 g/mol. The molecule has 0 radical (unpaired) electrons. The fourth-order valence-corrected chi connectivity index (χ4v) is 4.90. The standard InChI is InChI=1S/C19H20N6OS/c1-10-7-12(8-13-9-25(2)24-14(10)13)16-22-17(26)15-19(23-16)27-18(21-15)11-3-5-20-6-4-11/h7-9,11,20H,3-6H2,1-2H3,(H,22,23,26). The van der Waals surface area contributed by atoms with Gasteiger partial charge in [-0.1, -0.05) is 11.3 Å². The average molecular weight is 380 g/mol. The number of aryl methyl sites for hydroxylation is 2. The SMILES string of the molecule is Cc1cc(-c2nc3sc(C4CCNCC4)nc3c(=O)[nH]2)cc2cn(C)nc12. The lowest BCUT2D eigenvalue weighted by molar-refractivity contribution is 0.459. The predicted octanol–water partition coefficient (Wildman–Crippen LogP) is 2.71. The summed E-state index contributed by atoms with van der Waals surface area (Å²) in [4.78, 5) is 25.6. The number of aromatic amines is 1. The van der Waals surface area contributed by atoms with E-state index in [4.69, 9.17) is 4.98 Å². The third kappa shape index (κ3) is 2.85. The van der Waals surface area contributed by atoms with Gasteiger partial charge in [0.2, 0.25) is 0 Å². The molecule has 7 nitrogen and oxygen atoms in total. The van der Waals surface area contributed by atoms with Crippen LogP contribution in [0, 0.1) is 6.92 Å². The largest absolute Gasteiger partial charge is 0.317 e. The zero-order chi connectivity index (χ0) is 18.5. The molecule has 0 spiro atoms. The molecule has 0 atom stereocenters. The summed E-state index contributed by atoms with van der Waals surface area (Å²) >= 11 is 1.55. The Morgan fingerprint density at radius 1 is 1.19 bits per heavy atom. The lowest BCUT2D eigenvalue weighted by Gasteiger charge is -2.20. The van der Waals surface area contributed by atoms with Crippen LogP contribution in [0.5, 0.6) is 0 Å². The average Bonchev–Trinajstić information content (AvgIpc) is 3.26. The Morgan fingerprint density at radius 2 is 2.00 bits per heavy atom. The minimum absolute atomic E-state index is 0.171. The second-order valence-electron chi connectivity index (χ2n) is 7.18. The van der Waals surface area contributed by atoms with Gasteiger partial charge < -0.3 is 10.3 Å². The molecule has 4 aromatic rings. The molecule has 0 aliphatic carbocycles. The Labute approximate surface area is 159 Å². The van der Waals surface area contributed by atoms with E-state index in [2.05, 4.69) is 20.4 Å². The zero-order valence-corrected chi connectivity index (χ0v) is 16.1. The van der Waals surface area contributed by atoms with Gasteiger partial charge in [-0.15, -0.1) is 0 Å². The Kier molecular flexibility index (Phi) is 3.84. The quantitative estimate of drug-likeness (QED) is 0.558. The Hall–Kier alpha value is -2.58. The number of nitrogens with zero attached hydrogens (tertiary/aromatic N) is 4. The first-order chi connectivity index (χ1) is 13.1. The number of nitrogens with one attached hydrogen (secondary N) is 2. The maximum absolute atomic E-state index is 12.6. The maximum atomic E-state index is 12.6. The molecule has 27 heavy (non-hydrogen) atoms. The molecule has 0 saturated carbocycles. The van der Waals surface area contributed by atoms with Crippen molar-refractivity contribution in [1.29, 1.82) is 0 Å². The molecule has 0 bridgehead atoms. The second-order valence-corrected chi connectivity index (χ2v) is 8.19. The van der Waals surface area contributed by atoms with Crippen LogP contribution in [0.15, 0.2) is 23.1 Å². The summed E-state index contributed by atoms with van der Waals surface area (Å²) in [7, 11) is 1.91. The number of rotatable bonds is 2. The van der Waals surface area contributed by atoms with E-state index in [9.17, 15) is 4.79 Å². The summed E-state index contributed by atoms with van der Waals surface area (Å²) in [6, 6.07) is 4.04. The smallest absolute Gasteiger partial charge is 0.278 e. The minimum Gasteiger partial charge on any atom is -0.317 e. The molecule has 5 rings (SSSR count). The zero-order valence-electron chi connectivity index (χ0n) is 15.2. The highest BCUT2D eigenvalue weighted by molar-refractivity contribution is 7.18. The number of hydrogen-bond donors (Lipinski definition) is 2. The molecule has 1 aromatic carbocycles. The summed E-state index contributed by atoms with van der Waals surface area (Å²) in [6.07, 6.45) is 4.09. The van der Waals surface area contributed by atoms with Crippen LogP contribution in [0.25, 0.3) is 32.6 Å². The highest BCUT2D eigenvalue weighted by Gasteiger charge is 2.21. The second kappa shape index (κ2) is 6.24. The number of aromatic nitrogens is 5. The Bertz CT molecular complexity index is 1210. The third-order valence-corrected chi connectivity index (χ3v) is 6.27. The summed E-state index contributed by atoms with van der Waals surface area (Å²) < 4.78 is 1.80. The van der Waals surface area contributed by atoms with Gasteiger partial charge in [0, 0.05) is 30.1 Å². The van der Waals surface area contributed by atoms with Gasteiger partial charge in [-0.05, 0) is 50.6 Å². The molecule has 1 saturated heterocycles. The molecule has 3 aromatic heterocycles. The lowest BCUT2D eigenvalue weighted by Crippen LogP contribution is -2.26. The van der Waals surface area contributed by atoms with E-state index in [0.29, 0.717) is 22.1 Å². The van der Waals surface area contributed by atoms with E-state index in [0.717, 1.165) is 53.0 Å². The molecular formula is C19H20N6OS. The summed E-state index contributed by atoms with van der Waals surface area (Å²) in [5, 5.41) is 9.91. The van der Waals surface area contributed by atoms with Gasteiger partial charge in [-0.3, -0.25) is 9.48 Å². The monoisotopic (exact) mass is 380 g/mol. The lowest BCUT2D eigenvalue weighted by atomic mass is 9.99. The number of piperidine rings is 1. The van der Waals surface area contributed by atoms with Gasteiger partial charge >= 0.3 is 0 Å². The third-order valence-electron chi connectivity index (χ3n) is 5.16. The van der Waals surface area contributed by atoms with Gasteiger partial charge in [0.05, 0.1) is 10.5 Å². The number of hydrogen-bond acceptors (Lipinski definition) is 6. The van der Waals surface area contributed by atoms with Crippen molar-refractivity contribution in [1.82, 2.24) is 30.0 Å². The first-order valence-electron chi connectivity index (χ1n) is 9.14. The number of fused-ring (bicyclic) bond motifs is 2. The van der Waals surface area contributed by atoms with Gasteiger partial charge in [0.15, 0.2) is 10.3 Å². The number of benzene rings is 1. The highest BCUT2D eigenvalue weighted by Crippen LogP contribution is 2.31. The van der Waals surface area contributed by atoms with Crippen LogP contribution < -0.4 is 10.9 Å². The van der Waals surface area contributed by atoms with E-state index in [-0.39, 0.29) is 5.56 Å². The van der Waals surface area contributed by atoms with E-state index >= 15 is 0 Å². The van der Waals surface area contributed by atoms with Gasteiger partial charge in [0.25, 0.3) is 5.56 Å². The first kappa shape index (κ1) is 16.6. The minimum atomic E-state index is -0.171. The van der Waals surface area contributed by atoms with Crippen molar-refractivity contribution in [3.63, 3.8) is 0 Å². The molecule has 138 valence electrons. The van der Waals surface area contributed by atoms with Crippen LogP contribution in [0.2, 0.25) is 0 Å². The van der Waals surface area contributed by atoms with Gasteiger partial charge in [-0.25, -0.2) is 9.97 Å². The molecule has 1 fully saturated rings. The summed E-state index contributed by atoms with van der Waals surface area (Å²) in [6.45, 7) is 4.03. The molecule has 0 unspecified atom stereocenters. The molecule has 1 aliphatic heterocycles. The van der Waals surface area contributed by atoms with Crippen molar-refractivity contribution >= 4 is 32.6 Å². The van der Waals surface area contributed by atoms with E-state index in [1.54, 1.807) is 16.0 Å². The van der Waals surface area contributed by atoms with E-state index < -0.39 is 0 Å². The van der Waals surface area contributed by atoms with Crippen molar-refractivity contribution in [2.45, 2.75) is 25.7 Å². The van der Waals surface area contributed by atoms with Crippen LogP contribution in [0.1, 0.15) is 29.3 Å². The van der Waals surface area contributed by atoms with Gasteiger partial charge in [0.1, 0.15) is 5.82 Å². The normalized spacial score (nSPS) is 15.8. The van der Waals surface area contributed by atoms with Gasteiger partial charge in [-0.2, -0.15) is 5.10 Å². The van der Waals surface area contributed by atoms with Crippen LogP contribution in [0.3, 0.4) is 0 Å².